The molecule has 1 saturated heterocycles. The highest BCUT2D eigenvalue weighted by Gasteiger charge is 2.33. The Kier molecular flexibility index (Phi) is 6.55. The van der Waals surface area contributed by atoms with Crippen molar-refractivity contribution in [3.63, 3.8) is 0 Å². The molecule has 0 aromatic rings. The highest BCUT2D eigenvalue weighted by Crippen LogP contribution is 2.21. The SMILES string of the molecule is CCCNCCS(=O)(=O)N1CCCC1CN(C)C. The predicted molar refractivity (Wildman–Crippen MR) is 75.2 cm³/mol. The first-order chi connectivity index (χ1) is 8.47. The van der Waals surface area contributed by atoms with Crippen LogP contribution in [0.3, 0.4) is 0 Å². The molecule has 18 heavy (non-hydrogen) atoms. The average molecular weight is 277 g/mol. The first-order valence-corrected chi connectivity index (χ1v) is 8.43. The van der Waals surface area contributed by atoms with Crippen molar-refractivity contribution >= 4 is 10.0 Å². The molecule has 0 radical (unpaired) electrons. The molecule has 6 heteroatoms. The van der Waals surface area contributed by atoms with Gasteiger partial charge < -0.3 is 10.2 Å². The lowest BCUT2D eigenvalue weighted by molar-refractivity contribution is 0.291. The standard InChI is InChI=1S/C12H27N3O2S/c1-4-7-13-8-10-18(16,17)15-9-5-6-12(15)11-14(2)3/h12-13H,4-11H2,1-3H3. The molecule has 0 spiro atoms. The molecule has 1 rings (SSSR count). The monoisotopic (exact) mass is 277 g/mol. The molecule has 0 amide bonds. The summed E-state index contributed by atoms with van der Waals surface area (Å²) in [6, 6.07) is 0.163. The van der Waals surface area contributed by atoms with E-state index in [9.17, 15) is 8.42 Å². The van der Waals surface area contributed by atoms with Gasteiger partial charge >= 0.3 is 0 Å². The van der Waals surface area contributed by atoms with Gasteiger partial charge in [-0.25, -0.2) is 8.42 Å². The number of likely N-dealkylation sites (N-methyl/N-ethyl adjacent to an activating group) is 1. The van der Waals surface area contributed by atoms with Crippen LogP contribution in [-0.2, 0) is 10.0 Å². The second kappa shape index (κ2) is 7.43. The third kappa shape index (κ3) is 4.84. The molecule has 1 N–H and O–H groups in total. The molecule has 0 aliphatic carbocycles. The summed E-state index contributed by atoms with van der Waals surface area (Å²) in [6.45, 7) is 5.03. The van der Waals surface area contributed by atoms with Crippen molar-refractivity contribution in [1.29, 1.82) is 0 Å². The van der Waals surface area contributed by atoms with Crippen molar-refractivity contribution in [3.8, 4) is 0 Å². The molecular formula is C12H27N3O2S. The predicted octanol–water partition coefficient (Wildman–Crippen LogP) is 0.342. The van der Waals surface area contributed by atoms with Crippen molar-refractivity contribution in [1.82, 2.24) is 14.5 Å². The molecule has 0 aromatic heterocycles. The fraction of sp³-hybridized carbons (Fsp3) is 1.00. The van der Waals surface area contributed by atoms with E-state index in [1.54, 1.807) is 4.31 Å². The lowest BCUT2D eigenvalue weighted by Crippen LogP contribution is -2.43. The first kappa shape index (κ1) is 15.9. The molecule has 1 unspecified atom stereocenters. The second-order valence-corrected chi connectivity index (χ2v) is 7.28. The molecule has 108 valence electrons. The Labute approximate surface area is 112 Å². The van der Waals surface area contributed by atoms with Crippen molar-refractivity contribution in [2.45, 2.75) is 32.2 Å². The van der Waals surface area contributed by atoms with Crippen LogP contribution in [0.5, 0.6) is 0 Å². The van der Waals surface area contributed by atoms with E-state index < -0.39 is 10.0 Å². The third-order valence-electron chi connectivity index (χ3n) is 3.22. The van der Waals surface area contributed by atoms with Crippen LogP contribution < -0.4 is 5.32 Å². The van der Waals surface area contributed by atoms with Gasteiger partial charge in [0.1, 0.15) is 0 Å². The number of nitrogens with zero attached hydrogens (tertiary/aromatic N) is 2. The van der Waals surface area contributed by atoms with Gasteiger partial charge in [-0.05, 0) is 39.9 Å². The Morgan fingerprint density at radius 3 is 2.67 bits per heavy atom. The zero-order valence-electron chi connectivity index (χ0n) is 11.9. The zero-order valence-corrected chi connectivity index (χ0v) is 12.7. The summed E-state index contributed by atoms with van der Waals surface area (Å²) in [4.78, 5) is 2.06. The van der Waals surface area contributed by atoms with Crippen LogP contribution in [0, 0.1) is 0 Å². The van der Waals surface area contributed by atoms with Crippen molar-refractivity contribution in [2.75, 3.05) is 46.0 Å². The van der Waals surface area contributed by atoms with Gasteiger partial charge in [-0.2, -0.15) is 4.31 Å². The van der Waals surface area contributed by atoms with Crippen LogP contribution >= 0.6 is 0 Å². The maximum Gasteiger partial charge on any atom is 0.215 e. The van der Waals surface area contributed by atoms with Gasteiger partial charge in [0, 0.05) is 25.7 Å². The van der Waals surface area contributed by atoms with Crippen LogP contribution in [0.25, 0.3) is 0 Å². The minimum absolute atomic E-state index is 0.163. The Morgan fingerprint density at radius 1 is 1.33 bits per heavy atom. The average Bonchev–Trinajstić information content (AvgIpc) is 2.72. The fourth-order valence-electron chi connectivity index (χ4n) is 2.40. The Balaban J connectivity index is 2.49. The highest BCUT2D eigenvalue weighted by atomic mass is 32.2. The van der Waals surface area contributed by atoms with Crippen LogP contribution in [0.1, 0.15) is 26.2 Å². The van der Waals surface area contributed by atoms with Crippen molar-refractivity contribution in [3.05, 3.63) is 0 Å². The Morgan fingerprint density at radius 2 is 2.06 bits per heavy atom. The lowest BCUT2D eigenvalue weighted by atomic mass is 10.2. The summed E-state index contributed by atoms with van der Waals surface area (Å²) in [5, 5.41) is 3.15. The van der Waals surface area contributed by atoms with Gasteiger partial charge in [0.25, 0.3) is 0 Å². The molecule has 1 aliphatic rings. The van der Waals surface area contributed by atoms with Gasteiger partial charge in [-0.1, -0.05) is 6.92 Å². The van der Waals surface area contributed by atoms with Crippen molar-refractivity contribution < 1.29 is 8.42 Å². The van der Waals surface area contributed by atoms with Gasteiger partial charge in [-0.3, -0.25) is 0 Å². The smallest absolute Gasteiger partial charge is 0.215 e. The minimum atomic E-state index is -3.09. The number of nitrogens with one attached hydrogen (secondary N) is 1. The number of hydrogen-bond acceptors (Lipinski definition) is 4. The van der Waals surface area contributed by atoms with Crippen molar-refractivity contribution in [2.24, 2.45) is 0 Å². The third-order valence-corrected chi connectivity index (χ3v) is 5.14. The van der Waals surface area contributed by atoms with Gasteiger partial charge in [0.05, 0.1) is 5.75 Å². The molecule has 1 heterocycles. The molecular weight excluding hydrogens is 250 g/mol. The van der Waals surface area contributed by atoms with E-state index >= 15 is 0 Å². The number of sulfonamides is 1. The van der Waals surface area contributed by atoms with Crippen LogP contribution in [0.15, 0.2) is 0 Å². The summed E-state index contributed by atoms with van der Waals surface area (Å²) >= 11 is 0. The zero-order chi connectivity index (χ0) is 13.6. The van der Waals surface area contributed by atoms with E-state index in [0.29, 0.717) is 13.1 Å². The van der Waals surface area contributed by atoms with Gasteiger partial charge in [0.2, 0.25) is 10.0 Å². The summed E-state index contributed by atoms with van der Waals surface area (Å²) in [7, 11) is 0.893. The summed E-state index contributed by atoms with van der Waals surface area (Å²) in [6.07, 6.45) is 3.01. The van der Waals surface area contributed by atoms with Crippen LogP contribution in [0.2, 0.25) is 0 Å². The highest BCUT2D eigenvalue weighted by molar-refractivity contribution is 7.89. The van der Waals surface area contributed by atoms with E-state index in [1.165, 1.54) is 0 Å². The maximum atomic E-state index is 12.3. The van der Waals surface area contributed by atoms with Crippen LogP contribution in [-0.4, -0.2) is 69.7 Å². The van der Waals surface area contributed by atoms with E-state index in [2.05, 4.69) is 17.1 Å². The van der Waals surface area contributed by atoms with Crippen LogP contribution in [0.4, 0.5) is 0 Å². The van der Waals surface area contributed by atoms with E-state index in [1.807, 2.05) is 14.1 Å². The lowest BCUT2D eigenvalue weighted by Gasteiger charge is -2.26. The minimum Gasteiger partial charge on any atom is -0.316 e. The first-order valence-electron chi connectivity index (χ1n) is 6.82. The van der Waals surface area contributed by atoms with E-state index in [0.717, 1.165) is 32.4 Å². The summed E-state index contributed by atoms with van der Waals surface area (Å²) in [5.41, 5.74) is 0. The fourth-order valence-corrected chi connectivity index (χ4v) is 4.07. The van der Waals surface area contributed by atoms with E-state index in [-0.39, 0.29) is 11.8 Å². The summed E-state index contributed by atoms with van der Waals surface area (Å²) in [5.74, 6) is 0.219. The summed E-state index contributed by atoms with van der Waals surface area (Å²) < 4.78 is 26.2. The molecule has 0 aromatic carbocycles. The molecule has 1 atom stereocenters. The molecule has 0 bridgehead atoms. The number of rotatable bonds is 8. The molecule has 1 aliphatic heterocycles. The molecule has 5 nitrogen and oxygen atoms in total. The normalized spacial score (nSPS) is 21.9. The second-order valence-electron chi connectivity index (χ2n) is 5.24. The Bertz CT molecular complexity index is 330. The van der Waals surface area contributed by atoms with E-state index in [4.69, 9.17) is 0 Å². The number of hydrogen-bond donors (Lipinski definition) is 1. The maximum absolute atomic E-state index is 12.3. The molecule has 0 saturated carbocycles. The van der Waals surface area contributed by atoms with Gasteiger partial charge in [0.15, 0.2) is 0 Å². The molecule has 1 fully saturated rings. The topological polar surface area (TPSA) is 52.7 Å². The quantitative estimate of drug-likeness (QED) is 0.650. The van der Waals surface area contributed by atoms with Gasteiger partial charge in [-0.15, -0.1) is 0 Å². The Hall–Kier alpha value is -0.170. The largest absolute Gasteiger partial charge is 0.316 e.